The van der Waals surface area contributed by atoms with Crippen LogP contribution in [0.1, 0.15) is 21.3 Å². The van der Waals surface area contributed by atoms with Crippen LogP contribution in [0.5, 0.6) is 0 Å². The zero-order valence-electron chi connectivity index (χ0n) is 17.0. The van der Waals surface area contributed by atoms with Crippen LogP contribution in [0.15, 0.2) is 58.9 Å². The van der Waals surface area contributed by atoms with E-state index in [1.54, 1.807) is 28.5 Å². The van der Waals surface area contributed by atoms with Crippen LogP contribution in [0.2, 0.25) is 10.0 Å². The number of hydrogen-bond acceptors (Lipinski definition) is 6. The normalized spacial score (nSPS) is 13.6. The lowest BCUT2D eigenvalue weighted by atomic mass is 10.1. The van der Waals surface area contributed by atoms with E-state index in [1.807, 2.05) is 12.1 Å². The zero-order valence-corrected chi connectivity index (χ0v) is 20.1. The van der Waals surface area contributed by atoms with Crippen LogP contribution < -0.4 is 15.4 Å². The fraction of sp³-hybridized carbons (Fsp3) is 0.238. The van der Waals surface area contributed by atoms with Crippen molar-refractivity contribution in [1.82, 2.24) is 4.98 Å². The smallest absolute Gasteiger partial charge is 0.263 e. The Hall–Kier alpha value is -2.17. The number of halogens is 2. The molecule has 7 nitrogen and oxygen atoms in total. The van der Waals surface area contributed by atoms with Gasteiger partial charge in [0.25, 0.3) is 10.0 Å². The highest BCUT2D eigenvalue weighted by Gasteiger charge is 2.22. The summed E-state index contributed by atoms with van der Waals surface area (Å²) in [6.45, 7) is 1.28. The lowest BCUT2D eigenvalue weighted by Gasteiger charge is -2.16. The van der Waals surface area contributed by atoms with E-state index in [9.17, 15) is 13.2 Å². The fourth-order valence-electron chi connectivity index (χ4n) is 3.07. The van der Waals surface area contributed by atoms with E-state index in [4.69, 9.17) is 28.9 Å². The first-order valence-corrected chi connectivity index (χ1v) is 12.9. The van der Waals surface area contributed by atoms with E-state index in [-0.39, 0.29) is 13.7 Å². The number of nitrogens with zero attached hydrogens (tertiary/aromatic N) is 2. The van der Waals surface area contributed by atoms with Crippen LogP contribution in [-0.4, -0.2) is 32.4 Å². The predicted octanol–water partition coefficient (Wildman–Crippen LogP) is 5.06. The minimum atomic E-state index is -3.64. The average Bonchev–Trinajstić information content (AvgIpc) is 3.43. The van der Waals surface area contributed by atoms with Gasteiger partial charge in [-0.3, -0.25) is 9.52 Å². The monoisotopic (exact) mass is 516 g/mol. The Morgan fingerprint density at radius 2 is 1.94 bits per heavy atom. The van der Waals surface area contributed by atoms with Gasteiger partial charge in [0, 0.05) is 33.1 Å². The first-order chi connectivity index (χ1) is 15.3. The molecule has 3 aromatic rings. The molecular weight excluding hydrogens is 491 g/mol. The Bertz CT molecular complexity index is 1170. The van der Waals surface area contributed by atoms with Crippen molar-refractivity contribution >= 4 is 61.3 Å². The summed E-state index contributed by atoms with van der Waals surface area (Å²) in [6.07, 6.45) is 3.69. The van der Waals surface area contributed by atoms with E-state index in [2.05, 4.69) is 9.71 Å². The number of carbonyl (C=O) groups is 1. The molecule has 1 aromatic heterocycles. The van der Waals surface area contributed by atoms with Gasteiger partial charge in [-0.05, 0) is 55.3 Å². The Balaban J connectivity index is 0.000000382. The van der Waals surface area contributed by atoms with Crippen LogP contribution in [0, 0.1) is 0 Å². The Labute approximate surface area is 204 Å². The van der Waals surface area contributed by atoms with Gasteiger partial charge in [0.1, 0.15) is 0 Å². The number of nitrogens with two attached hydrogens (primary N) is 1. The molecule has 2 heterocycles. The lowest BCUT2D eigenvalue weighted by molar-refractivity contribution is -0.117. The van der Waals surface area contributed by atoms with Gasteiger partial charge in [0.2, 0.25) is 5.91 Å². The topological polar surface area (TPSA) is 105 Å². The number of aromatic nitrogens is 1. The molecule has 32 heavy (non-hydrogen) atoms. The van der Waals surface area contributed by atoms with Crippen LogP contribution in [0.25, 0.3) is 0 Å². The maximum atomic E-state index is 12.2. The molecule has 0 aliphatic carbocycles. The minimum absolute atomic E-state index is 0. The highest BCUT2D eigenvalue weighted by molar-refractivity contribution is 7.93. The molecular formula is C21H26Cl2N4O3S2. The molecule has 1 amide bonds. The second-order valence-corrected chi connectivity index (χ2v) is 10.2. The number of benzene rings is 2. The molecule has 0 unspecified atom stereocenters. The van der Waals surface area contributed by atoms with Crippen molar-refractivity contribution in [2.24, 2.45) is 5.73 Å². The van der Waals surface area contributed by atoms with Gasteiger partial charge in [-0.15, -0.1) is 11.3 Å². The van der Waals surface area contributed by atoms with Crippen molar-refractivity contribution in [3.63, 3.8) is 0 Å². The Kier molecular flexibility index (Phi) is 8.50. The van der Waals surface area contributed by atoms with Crippen molar-refractivity contribution in [1.29, 1.82) is 0 Å². The summed E-state index contributed by atoms with van der Waals surface area (Å²) in [6, 6.07) is 11.9. The van der Waals surface area contributed by atoms with Crippen LogP contribution in [0.4, 0.5) is 10.8 Å². The molecule has 1 fully saturated rings. The Morgan fingerprint density at radius 1 is 1.19 bits per heavy atom. The molecule has 1 saturated heterocycles. The summed E-state index contributed by atoms with van der Waals surface area (Å²) >= 11 is 12.9. The van der Waals surface area contributed by atoms with E-state index in [0.29, 0.717) is 34.7 Å². The first kappa shape index (κ1) is 24.5. The maximum absolute atomic E-state index is 12.2. The third-order valence-corrected chi connectivity index (χ3v) is 7.66. The molecule has 1 aliphatic rings. The second kappa shape index (κ2) is 11.1. The summed E-state index contributed by atoms with van der Waals surface area (Å²) in [5, 5.41) is 3.24. The van der Waals surface area contributed by atoms with Crippen LogP contribution >= 0.6 is 34.5 Å². The zero-order chi connectivity index (χ0) is 23.1. The number of sulfonamides is 1. The number of amides is 1. The van der Waals surface area contributed by atoms with Gasteiger partial charge >= 0.3 is 0 Å². The largest absolute Gasteiger partial charge is 0.330 e. The van der Waals surface area contributed by atoms with E-state index >= 15 is 0 Å². The van der Waals surface area contributed by atoms with Crippen LogP contribution in [0.3, 0.4) is 0 Å². The van der Waals surface area contributed by atoms with Crippen LogP contribution in [-0.2, 0) is 21.2 Å². The third-order valence-electron chi connectivity index (χ3n) is 4.63. The number of carbonyl (C=O) groups excluding carboxylic acids is 1. The van der Waals surface area contributed by atoms with Crippen molar-refractivity contribution < 1.29 is 16.1 Å². The standard InChI is InChI=1S/C13H13N3O3S2.C8H9Cl2N.2H2/c17-12-2-1-8-16(12)10-3-5-11(6-4-10)21(18,19)15-13-14-7-9-20-13;9-7-3-1-2-6(4-5-11)8(7)10;;/h3-7,9H,1-2,8H2,(H,14,15);1-3H,4-5,11H2;2*1H. The van der Waals surface area contributed by atoms with Gasteiger partial charge in [0.15, 0.2) is 5.13 Å². The SMILES string of the molecule is NCCc1cccc(Cl)c1Cl.O=C1CCCN1c1ccc(S(=O)(=O)Nc2nccs2)cc1.[HH].[HH]. The first-order valence-electron chi connectivity index (χ1n) is 9.77. The third kappa shape index (κ3) is 6.20. The summed E-state index contributed by atoms with van der Waals surface area (Å²) < 4.78 is 26.8. The highest BCUT2D eigenvalue weighted by Crippen LogP contribution is 2.26. The number of hydrogen-bond donors (Lipinski definition) is 2. The fourth-order valence-corrected chi connectivity index (χ4v) is 5.27. The molecule has 174 valence electrons. The summed E-state index contributed by atoms with van der Waals surface area (Å²) in [4.78, 5) is 17.4. The molecule has 3 N–H and O–H groups in total. The molecule has 0 bridgehead atoms. The quantitative estimate of drug-likeness (QED) is 0.476. The van der Waals surface area contributed by atoms with Gasteiger partial charge in [-0.2, -0.15) is 0 Å². The number of rotatable bonds is 6. The van der Waals surface area contributed by atoms with Crippen molar-refractivity contribution in [3.05, 3.63) is 69.7 Å². The second-order valence-electron chi connectivity index (χ2n) is 6.84. The van der Waals surface area contributed by atoms with E-state index in [1.165, 1.54) is 29.7 Å². The van der Waals surface area contributed by atoms with Gasteiger partial charge in [-0.25, -0.2) is 13.4 Å². The van der Waals surface area contributed by atoms with Crippen molar-refractivity contribution in [3.8, 4) is 0 Å². The lowest BCUT2D eigenvalue weighted by Crippen LogP contribution is -2.23. The number of nitrogens with one attached hydrogen (secondary N) is 1. The molecule has 0 saturated carbocycles. The predicted molar refractivity (Wildman–Crippen MR) is 134 cm³/mol. The Morgan fingerprint density at radius 3 is 2.53 bits per heavy atom. The number of thiazole rings is 1. The molecule has 11 heteroatoms. The van der Waals surface area contributed by atoms with Crippen molar-refractivity contribution in [2.75, 3.05) is 22.7 Å². The molecule has 0 atom stereocenters. The molecule has 2 aromatic carbocycles. The summed E-state index contributed by atoms with van der Waals surface area (Å²) in [7, 11) is -3.64. The summed E-state index contributed by atoms with van der Waals surface area (Å²) in [5.74, 6) is 0.0755. The highest BCUT2D eigenvalue weighted by atomic mass is 35.5. The van der Waals surface area contributed by atoms with Gasteiger partial charge < -0.3 is 10.6 Å². The molecule has 4 rings (SSSR count). The maximum Gasteiger partial charge on any atom is 0.263 e. The minimum Gasteiger partial charge on any atom is -0.330 e. The molecule has 0 spiro atoms. The van der Waals surface area contributed by atoms with Gasteiger partial charge in [0.05, 0.1) is 14.9 Å². The van der Waals surface area contributed by atoms with E-state index < -0.39 is 10.0 Å². The molecule has 1 aliphatic heterocycles. The van der Waals surface area contributed by atoms with Gasteiger partial charge in [-0.1, -0.05) is 35.3 Å². The summed E-state index contributed by atoms with van der Waals surface area (Å²) in [5.41, 5.74) is 7.12. The number of anilines is 2. The average molecular weight is 518 g/mol. The van der Waals surface area contributed by atoms with Crippen molar-refractivity contribution in [2.45, 2.75) is 24.2 Å². The van der Waals surface area contributed by atoms with E-state index in [0.717, 1.165) is 24.1 Å². The molecule has 0 radical (unpaired) electrons.